The predicted molar refractivity (Wildman–Crippen MR) is 82.3 cm³/mol. The van der Waals surface area contributed by atoms with Gasteiger partial charge in [-0.05, 0) is 44.3 Å². The Morgan fingerprint density at radius 2 is 1.90 bits per heavy atom. The third-order valence-electron chi connectivity index (χ3n) is 4.64. The lowest BCUT2D eigenvalue weighted by Gasteiger charge is -2.38. The molecule has 1 aliphatic heterocycles. The molecule has 0 bridgehead atoms. The molecule has 1 aliphatic rings. The number of urea groups is 1. The van der Waals surface area contributed by atoms with Crippen LogP contribution in [-0.4, -0.2) is 54.7 Å². The molecule has 21 heavy (non-hydrogen) atoms. The van der Waals surface area contributed by atoms with Gasteiger partial charge < -0.3 is 20.6 Å². The van der Waals surface area contributed by atoms with E-state index < -0.39 is 12.0 Å². The zero-order valence-corrected chi connectivity index (χ0v) is 13.6. The molecule has 0 unspecified atom stereocenters. The maximum absolute atomic E-state index is 11.9. The summed E-state index contributed by atoms with van der Waals surface area (Å²) in [5, 5.41) is 14.6. The zero-order chi connectivity index (χ0) is 16.0. The van der Waals surface area contributed by atoms with E-state index in [1.54, 1.807) is 0 Å². The minimum Gasteiger partial charge on any atom is -0.480 e. The first-order valence-electron chi connectivity index (χ1n) is 7.73. The number of amides is 2. The maximum Gasteiger partial charge on any atom is 0.326 e. The fraction of sp³-hybridized carbons (Fsp3) is 0.867. The average Bonchev–Trinajstić information content (AvgIpc) is 2.45. The summed E-state index contributed by atoms with van der Waals surface area (Å²) in [4.78, 5) is 25.4. The van der Waals surface area contributed by atoms with Crippen molar-refractivity contribution in [2.75, 3.05) is 26.7 Å². The van der Waals surface area contributed by atoms with Crippen LogP contribution < -0.4 is 10.6 Å². The molecular weight excluding hydrogens is 270 g/mol. The van der Waals surface area contributed by atoms with E-state index in [0.29, 0.717) is 13.0 Å². The summed E-state index contributed by atoms with van der Waals surface area (Å²) in [6.45, 7) is 8.56. The molecule has 1 fully saturated rings. The van der Waals surface area contributed by atoms with Crippen LogP contribution in [0.3, 0.4) is 0 Å². The third-order valence-corrected chi connectivity index (χ3v) is 4.64. The number of carbonyl (C=O) groups is 2. The van der Waals surface area contributed by atoms with E-state index in [9.17, 15) is 14.7 Å². The largest absolute Gasteiger partial charge is 0.480 e. The standard InChI is InChI=1S/C15H29N3O3/c1-5-11(2)12(13(19)20)17-14(21)16-10-15(3)6-8-18(4)9-7-15/h11-12H,5-10H2,1-4H3,(H,19,20)(H2,16,17,21)/t11-,12-/m0/s1. The second kappa shape index (κ2) is 7.64. The highest BCUT2D eigenvalue weighted by molar-refractivity contribution is 5.82. The van der Waals surface area contributed by atoms with Gasteiger partial charge in [-0.25, -0.2) is 9.59 Å². The van der Waals surface area contributed by atoms with Crippen molar-refractivity contribution in [3.05, 3.63) is 0 Å². The molecule has 3 N–H and O–H groups in total. The van der Waals surface area contributed by atoms with Crippen molar-refractivity contribution >= 4 is 12.0 Å². The second-order valence-electron chi connectivity index (χ2n) is 6.64. The number of nitrogens with one attached hydrogen (secondary N) is 2. The van der Waals surface area contributed by atoms with Gasteiger partial charge in [0.1, 0.15) is 6.04 Å². The summed E-state index contributed by atoms with van der Waals surface area (Å²) in [5.74, 6) is -1.07. The molecule has 0 aliphatic carbocycles. The highest BCUT2D eigenvalue weighted by Crippen LogP contribution is 2.29. The van der Waals surface area contributed by atoms with E-state index in [1.165, 1.54) is 0 Å². The minimum atomic E-state index is -0.981. The molecule has 1 heterocycles. The molecule has 2 amide bonds. The van der Waals surface area contributed by atoms with Crippen molar-refractivity contribution in [1.82, 2.24) is 15.5 Å². The molecule has 0 radical (unpaired) electrons. The van der Waals surface area contributed by atoms with E-state index in [0.717, 1.165) is 25.9 Å². The van der Waals surface area contributed by atoms with Crippen molar-refractivity contribution in [2.24, 2.45) is 11.3 Å². The first-order chi connectivity index (χ1) is 9.77. The minimum absolute atomic E-state index is 0.0906. The molecule has 2 atom stereocenters. The summed E-state index contributed by atoms with van der Waals surface area (Å²) >= 11 is 0. The summed E-state index contributed by atoms with van der Waals surface area (Å²) in [6.07, 6.45) is 2.79. The van der Waals surface area contributed by atoms with E-state index in [2.05, 4.69) is 29.5 Å². The fourth-order valence-electron chi connectivity index (χ4n) is 2.50. The number of carboxylic acid groups (broad SMARTS) is 1. The number of likely N-dealkylation sites (tertiary alicyclic amines) is 1. The monoisotopic (exact) mass is 299 g/mol. The van der Waals surface area contributed by atoms with Gasteiger partial charge in [0.05, 0.1) is 0 Å². The van der Waals surface area contributed by atoms with E-state index in [4.69, 9.17) is 0 Å². The van der Waals surface area contributed by atoms with Crippen molar-refractivity contribution in [2.45, 2.75) is 46.1 Å². The van der Waals surface area contributed by atoms with Gasteiger partial charge in [-0.2, -0.15) is 0 Å². The van der Waals surface area contributed by atoms with Crippen LogP contribution >= 0.6 is 0 Å². The molecule has 0 aromatic rings. The highest BCUT2D eigenvalue weighted by Gasteiger charge is 2.30. The van der Waals surface area contributed by atoms with Crippen LogP contribution in [0.15, 0.2) is 0 Å². The van der Waals surface area contributed by atoms with Gasteiger partial charge in [-0.1, -0.05) is 27.2 Å². The number of nitrogens with zero attached hydrogens (tertiary/aromatic N) is 1. The Morgan fingerprint density at radius 3 is 2.38 bits per heavy atom. The Balaban J connectivity index is 2.44. The van der Waals surface area contributed by atoms with E-state index >= 15 is 0 Å². The van der Waals surface area contributed by atoms with Gasteiger partial charge in [-0.15, -0.1) is 0 Å². The molecule has 0 aromatic carbocycles. The number of hydrogen-bond donors (Lipinski definition) is 3. The Kier molecular flexibility index (Phi) is 6.45. The zero-order valence-electron chi connectivity index (χ0n) is 13.6. The number of carboxylic acids is 1. The van der Waals surface area contributed by atoms with Gasteiger partial charge in [0.15, 0.2) is 0 Å². The molecule has 6 heteroatoms. The average molecular weight is 299 g/mol. The van der Waals surface area contributed by atoms with Crippen molar-refractivity contribution in [3.63, 3.8) is 0 Å². The van der Waals surface area contributed by atoms with Crippen LogP contribution in [0.2, 0.25) is 0 Å². The van der Waals surface area contributed by atoms with Crippen LogP contribution in [-0.2, 0) is 4.79 Å². The van der Waals surface area contributed by atoms with E-state index in [1.807, 2.05) is 13.8 Å². The van der Waals surface area contributed by atoms with Gasteiger partial charge in [0.2, 0.25) is 0 Å². The lowest BCUT2D eigenvalue weighted by Crippen LogP contribution is -2.51. The lowest BCUT2D eigenvalue weighted by molar-refractivity contribution is -0.140. The number of piperidine rings is 1. The maximum atomic E-state index is 11.9. The molecule has 6 nitrogen and oxygen atoms in total. The third kappa shape index (κ3) is 5.53. The summed E-state index contributed by atoms with van der Waals surface area (Å²) in [5.41, 5.74) is 0.0962. The van der Waals surface area contributed by atoms with Gasteiger partial charge in [-0.3, -0.25) is 0 Å². The Hall–Kier alpha value is -1.30. The number of aliphatic carboxylic acids is 1. The molecule has 122 valence electrons. The molecule has 1 saturated heterocycles. The first kappa shape index (κ1) is 17.8. The number of hydrogen-bond acceptors (Lipinski definition) is 3. The highest BCUT2D eigenvalue weighted by atomic mass is 16.4. The molecule has 0 aromatic heterocycles. The quantitative estimate of drug-likeness (QED) is 0.694. The second-order valence-corrected chi connectivity index (χ2v) is 6.64. The number of rotatable bonds is 6. The molecule has 0 spiro atoms. The van der Waals surface area contributed by atoms with Crippen LogP contribution in [0.4, 0.5) is 4.79 Å². The van der Waals surface area contributed by atoms with Gasteiger partial charge in [0, 0.05) is 6.54 Å². The van der Waals surface area contributed by atoms with Crippen molar-refractivity contribution in [1.29, 1.82) is 0 Å². The van der Waals surface area contributed by atoms with E-state index in [-0.39, 0.29) is 17.4 Å². The normalized spacial score (nSPS) is 21.3. The predicted octanol–water partition coefficient (Wildman–Crippen LogP) is 1.52. The Labute approximate surface area is 127 Å². The number of carbonyl (C=O) groups excluding carboxylic acids is 1. The fourth-order valence-corrected chi connectivity index (χ4v) is 2.50. The smallest absolute Gasteiger partial charge is 0.326 e. The van der Waals surface area contributed by atoms with Crippen LogP contribution in [0.25, 0.3) is 0 Å². The lowest BCUT2D eigenvalue weighted by atomic mass is 9.80. The molecule has 0 saturated carbocycles. The topological polar surface area (TPSA) is 81.7 Å². The van der Waals surface area contributed by atoms with Gasteiger partial charge >= 0.3 is 12.0 Å². The van der Waals surface area contributed by atoms with Crippen LogP contribution in [0.1, 0.15) is 40.0 Å². The summed E-state index contributed by atoms with van der Waals surface area (Å²) < 4.78 is 0. The van der Waals surface area contributed by atoms with Crippen molar-refractivity contribution in [3.8, 4) is 0 Å². The van der Waals surface area contributed by atoms with Crippen LogP contribution in [0, 0.1) is 11.3 Å². The summed E-state index contributed by atoms with van der Waals surface area (Å²) in [7, 11) is 2.10. The SMILES string of the molecule is CC[C@H](C)[C@H](NC(=O)NCC1(C)CCN(C)CC1)C(=O)O. The Bertz CT molecular complexity index is 365. The Morgan fingerprint density at radius 1 is 1.33 bits per heavy atom. The summed E-state index contributed by atoms with van der Waals surface area (Å²) in [6, 6.07) is -1.22. The van der Waals surface area contributed by atoms with Crippen molar-refractivity contribution < 1.29 is 14.7 Å². The first-order valence-corrected chi connectivity index (χ1v) is 7.73. The van der Waals surface area contributed by atoms with Gasteiger partial charge in [0.25, 0.3) is 0 Å². The molecular formula is C15H29N3O3. The molecule has 1 rings (SSSR count). The van der Waals surface area contributed by atoms with Crippen LogP contribution in [0.5, 0.6) is 0 Å².